The van der Waals surface area contributed by atoms with E-state index in [0.29, 0.717) is 22.6 Å². The Morgan fingerprint density at radius 2 is 1.92 bits per heavy atom. The van der Waals surface area contributed by atoms with Gasteiger partial charge in [0.1, 0.15) is 5.82 Å². The highest BCUT2D eigenvalue weighted by Crippen LogP contribution is 2.27. The lowest BCUT2D eigenvalue weighted by Gasteiger charge is -2.13. The van der Waals surface area contributed by atoms with Gasteiger partial charge in [0.15, 0.2) is 5.69 Å². The molecule has 0 radical (unpaired) electrons. The minimum absolute atomic E-state index is 0.267. The third kappa shape index (κ3) is 3.85. The summed E-state index contributed by atoms with van der Waals surface area (Å²) in [6, 6.07) is 7.74. The molecule has 0 bridgehead atoms. The van der Waals surface area contributed by atoms with E-state index in [1.165, 1.54) is 12.8 Å². The standard InChI is InChI=1S/C18H21ClN4O/c1-11-9-12(2)17(14(19)10-11)21-18(24)15-7-8-16(23-22-15)20-13-5-3-4-6-13/h7-10,13H,3-6H2,1-2H3,(H,20,23)(H,21,24). The van der Waals surface area contributed by atoms with Crippen LogP contribution in [0, 0.1) is 13.8 Å². The second kappa shape index (κ2) is 7.18. The van der Waals surface area contributed by atoms with E-state index >= 15 is 0 Å². The van der Waals surface area contributed by atoms with Crippen LogP contribution < -0.4 is 10.6 Å². The summed E-state index contributed by atoms with van der Waals surface area (Å²) < 4.78 is 0. The molecule has 24 heavy (non-hydrogen) atoms. The van der Waals surface area contributed by atoms with E-state index in [1.807, 2.05) is 26.0 Å². The van der Waals surface area contributed by atoms with E-state index in [0.717, 1.165) is 24.0 Å². The highest BCUT2D eigenvalue weighted by atomic mass is 35.5. The third-order valence-electron chi connectivity index (χ3n) is 4.27. The Bertz CT molecular complexity index is 716. The van der Waals surface area contributed by atoms with Gasteiger partial charge < -0.3 is 10.6 Å². The van der Waals surface area contributed by atoms with Crippen molar-refractivity contribution in [3.05, 3.63) is 46.1 Å². The zero-order valence-corrected chi connectivity index (χ0v) is 14.7. The molecule has 5 nitrogen and oxygen atoms in total. The number of hydrogen-bond acceptors (Lipinski definition) is 4. The van der Waals surface area contributed by atoms with Gasteiger partial charge in [0.05, 0.1) is 10.7 Å². The first-order valence-electron chi connectivity index (χ1n) is 8.21. The number of hydrogen-bond donors (Lipinski definition) is 2. The van der Waals surface area contributed by atoms with Crippen molar-refractivity contribution < 1.29 is 4.79 Å². The van der Waals surface area contributed by atoms with E-state index in [9.17, 15) is 4.79 Å². The average molecular weight is 345 g/mol. The molecule has 1 amide bonds. The molecule has 0 aliphatic heterocycles. The summed E-state index contributed by atoms with van der Waals surface area (Å²) in [6.07, 6.45) is 4.83. The number of carbonyl (C=O) groups is 1. The summed E-state index contributed by atoms with van der Waals surface area (Å²) >= 11 is 6.23. The van der Waals surface area contributed by atoms with Crippen molar-refractivity contribution in [2.45, 2.75) is 45.6 Å². The largest absolute Gasteiger partial charge is 0.366 e. The normalized spacial score (nSPS) is 14.6. The summed E-state index contributed by atoms with van der Waals surface area (Å²) in [5.74, 6) is 0.395. The molecule has 1 aromatic heterocycles. The number of amides is 1. The molecule has 6 heteroatoms. The Kier molecular flexibility index (Phi) is 5.00. The quantitative estimate of drug-likeness (QED) is 0.865. The molecule has 2 aromatic rings. The van der Waals surface area contributed by atoms with Gasteiger partial charge in [0.2, 0.25) is 0 Å². The maximum atomic E-state index is 12.4. The first kappa shape index (κ1) is 16.7. The van der Waals surface area contributed by atoms with Gasteiger partial charge in [-0.3, -0.25) is 4.79 Å². The molecule has 126 valence electrons. The lowest BCUT2D eigenvalue weighted by atomic mass is 10.1. The molecule has 1 saturated carbocycles. The molecule has 2 N–H and O–H groups in total. The van der Waals surface area contributed by atoms with Gasteiger partial charge in [-0.15, -0.1) is 10.2 Å². The van der Waals surface area contributed by atoms with Crippen LogP contribution in [0.1, 0.15) is 47.3 Å². The van der Waals surface area contributed by atoms with Gasteiger partial charge in [-0.05, 0) is 56.0 Å². The second-order valence-electron chi connectivity index (χ2n) is 6.32. The Labute approximate surface area is 146 Å². The van der Waals surface area contributed by atoms with E-state index < -0.39 is 0 Å². The number of halogens is 1. The van der Waals surface area contributed by atoms with Crippen LogP contribution in [0.25, 0.3) is 0 Å². The van der Waals surface area contributed by atoms with E-state index in [1.54, 1.807) is 12.1 Å². The van der Waals surface area contributed by atoms with E-state index in [2.05, 4.69) is 20.8 Å². The van der Waals surface area contributed by atoms with E-state index in [-0.39, 0.29) is 11.6 Å². The number of nitrogens with one attached hydrogen (secondary N) is 2. The van der Waals surface area contributed by atoms with Crippen molar-refractivity contribution in [1.29, 1.82) is 0 Å². The Morgan fingerprint density at radius 1 is 1.17 bits per heavy atom. The first-order valence-corrected chi connectivity index (χ1v) is 8.59. The minimum atomic E-state index is -0.316. The van der Waals surface area contributed by atoms with Gasteiger partial charge in [-0.2, -0.15) is 0 Å². The predicted molar refractivity (Wildman–Crippen MR) is 96.8 cm³/mol. The summed E-state index contributed by atoms with van der Waals surface area (Å²) in [7, 11) is 0. The second-order valence-corrected chi connectivity index (χ2v) is 6.73. The molecule has 0 unspecified atom stereocenters. The molecule has 0 spiro atoms. The zero-order valence-electron chi connectivity index (χ0n) is 13.9. The molecule has 1 aliphatic rings. The monoisotopic (exact) mass is 344 g/mol. The topological polar surface area (TPSA) is 66.9 Å². The number of aromatic nitrogens is 2. The van der Waals surface area contributed by atoms with Crippen LogP contribution in [-0.2, 0) is 0 Å². The predicted octanol–water partition coefficient (Wildman–Crippen LogP) is 4.35. The van der Waals surface area contributed by atoms with Crippen molar-refractivity contribution in [1.82, 2.24) is 10.2 Å². The fourth-order valence-corrected chi connectivity index (χ4v) is 3.43. The van der Waals surface area contributed by atoms with Crippen LogP contribution in [0.3, 0.4) is 0 Å². The van der Waals surface area contributed by atoms with Gasteiger partial charge in [0.25, 0.3) is 5.91 Å². The van der Waals surface area contributed by atoms with Crippen LogP contribution in [0.4, 0.5) is 11.5 Å². The van der Waals surface area contributed by atoms with Gasteiger partial charge in [0, 0.05) is 6.04 Å². The van der Waals surface area contributed by atoms with Crippen LogP contribution in [0.15, 0.2) is 24.3 Å². The molecule has 1 heterocycles. The van der Waals surface area contributed by atoms with Crippen molar-refractivity contribution in [2.24, 2.45) is 0 Å². The lowest BCUT2D eigenvalue weighted by Crippen LogP contribution is -2.18. The van der Waals surface area contributed by atoms with Crippen LogP contribution in [-0.4, -0.2) is 22.1 Å². The highest BCUT2D eigenvalue weighted by molar-refractivity contribution is 6.34. The van der Waals surface area contributed by atoms with Crippen molar-refractivity contribution in [3.8, 4) is 0 Å². The minimum Gasteiger partial charge on any atom is -0.366 e. The number of anilines is 2. The molecule has 3 rings (SSSR count). The lowest BCUT2D eigenvalue weighted by molar-refractivity contribution is 0.102. The smallest absolute Gasteiger partial charge is 0.276 e. The average Bonchev–Trinajstić information content (AvgIpc) is 3.04. The number of nitrogens with zero attached hydrogens (tertiary/aromatic N) is 2. The molecule has 0 atom stereocenters. The highest BCUT2D eigenvalue weighted by Gasteiger charge is 2.16. The SMILES string of the molecule is Cc1cc(C)c(NC(=O)c2ccc(NC3CCCC3)nn2)c(Cl)c1. The Hall–Kier alpha value is -2.14. The van der Waals surface area contributed by atoms with E-state index in [4.69, 9.17) is 11.6 Å². The molecular formula is C18H21ClN4O. The maximum absolute atomic E-state index is 12.4. The van der Waals surface area contributed by atoms with Crippen LogP contribution in [0.5, 0.6) is 0 Å². The number of aryl methyl sites for hydroxylation is 2. The summed E-state index contributed by atoms with van der Waals surface area (Å²) in [4.78, 5) is 12.4. The summed E-state index contributed by atoms with van der Waals surface area (Å²) in [6.45, 7) is 3.88. The Morgan fingerprint density at radius 3 is 2.54 bits per heavy atom. The maximum Gasteiger partial charge on any atom is 0.276 e. The van der Waals surface area contributed by atoms with Crippen molar-refractivity contribution in [2.75, 3.05) is 10.6 Å². The zero-order chi connectivity index (χ0) is 17.1. The summed E-state index contributed by atoms with van der Waals surface area (Å²) in [5.41, 5.74) is 2.85. The van der Waals surface area contributed by atoms with Crippen molar-refractivity contribution in [3.63, 3.8) is 0 Å². The van der Waals surface area contributed by atoms with Crippen LogP contribution in [0.2, 0.25) is 5.02 Å². The van der Waals surface area contributed by atoms with Crippen molar-refractivity contribution >= 4 is 29.0 Å². The molecule has 1 fully saturated rings. The number of benzene rings is 1. The third-order valence-corrected chi connectivity index (χ3v) is 4.57. The van der Waals surface area contributed by atoms with Gasteiger partial charge >= 0.3 is 0 Å². The van der Waals surface area contributed by atoms with Gasteiger partial charge in [-0.1, -0.05) is 30.5 Å². The Balaban J connectivity index is 1.69. The first-order chi connectivity index (χ1) is 11.5. The summed E-state index contributed by atoms with van der Waals surface area (Å²) in [5, 5.41) is 14.8. The molecule has 0 saturated heterocycles. The molecule has 1 aromatic carbocycles. The fraction of sp³-hybridized carbons (Fsp3) is 0.389. The molecular weight excluding hydrogens is 324 g/mol. The molecule has 1 aliphatic carbocycles. The number of rotatable bonds is 4. The van der Waals surface area contributed by atoms with Crippen LogP contribution >= 0.6 is 11.6 Å². The fourth-order valence-electron chi connectivity index (χ4n) is 3.06. The van der Waals surface area contributed by atoms with Gasteiger partial charge in [-0.25, -0.2) is 0 Å². The number of carbonyl (C=O) groups excluding carboxylic acids is 1.